The molecule has 1 aromatic carbocycles. The Morgan fingerprint density at radius 3 is 2.24 bits per heavy atom. The molecule has 0 bridgehead atoms. The number of sulfonamides is 1. The van der Waals surface area contributed by atoms with E-state index in [2.05, 4.69) is 5.10 Å². The van der Waals surface area contributed by atoms with E-state index in [0.717, 1.165) is 0 Å². The van der Waals surface area contributed by atoms with E-state index in [-0.39, 0.29) is 37.0 Å². The minimum atomic E-state index is -3.58. The van der Waals surface area contributed by atoms with Crippen LogP contribution < -0.4 is 0 Å². The summed E-state index contributed by atoms with van der Waals surface area (Å²) in [6.07, 6.45) is 0. The van der Waals surface area contributed by atoms with Crippen LogP contribution in [-0.2, 0) is 26.6 Å². The van der Waals surface area contributed by atoms with Crippen molar-refractivity contribution in [2.24, 2.45) is 7.05 Å². The van der Waals surface area contributed by atoms with Gasteiger partial charge in [-0.25, -0.2) is 13.2 Å². The molecule has 2 aromatic rings. The fraction of sp³-hybridized carbons (Fsp3) is 0.421. The van der Waals surface area contributed by atoms with Crippen LogP contribution in [0, 0.1) is 13.8 Å². The SMILES string of the molecule is Cc1nn(C)c(C)c1C(=O)OCC(=O)N1CCN(S(=O)(=O)c2ccccc2)CC1. The number of aromatic nitrogens is 2. The van der Waals surface area contributed by atoms with Crippen molar-refractivity contribution in [3.8, 4) is 0 Å². The van der Waals surface area contributed by atoms with Crippen LogP contribution in [0.25, 0.3) is 0 Å². The van der Waals surface area contributed by atoms with Crippen molar-refractivity contribution in [2.75, 3.05) is 32.8 Å². The van der Waals surface area contributed by atoms with Gasteiger partial charge >= 0.3 is 5.97 Å². The summed E-state index contributed by atoms with van der Waals surface area (Å²) < 4.78 is 33.4. The van der Waals surface area contributed by atoms with Gasteiger partial charge in [0.2, 0.25) is 10.0 Å². The van der Waals surface area contributed by atoms with E-state index < -0.39 is 22.6 Å². The Labute approximate surface area is 169 Å². The number of hydrogen-bond donors (Lipinski definition) is 0. The summed E-state index contributed by atoms with van der Waals surface area (Å²) in [4.78, 5) is 26.4. The molecule has 1 aliphatic heterocycles. The molecular weight excluding hydrogens is 396 g/mol. The van der Waals surface area contributed by atoms with Crippen LogP contribution in [0.15, 0.2) is 35.2 Å². The maximum atomic E-state index is 12.6. The van der Waals surface area contributed by atoms with Crippen molar-refractivity contribution < 1.29 is 22.7 Å². The summed E-state index contributed by atoms with van der Waals surface area (Å²) in [7, 11) is -1.85. The van der Waals surface area contributed by atoms with Crippen molar-refractivity contribution in [1.82, 2.24) is 19.0 Å². The molecule has 0 radical (unpaired) electrons. The molecule has 1 saturated heterocycles. The molecule has 0 spiro atoms. The predicted molar refractivity (Wildman–Crippen MR) is 105 cm³/mol. The van der Waals surface area contributed by atoms with Crippen molar-refractivity contribution in [3.05, 3.63) is 47.3 Å². The van der Waals surface area contributed by atoms with E-state index in [1.807, 2.05) is 0 Å². The smallest absolute Gasteiger partial charge is 0.342 e. The van der Waals surface area contributed by atoms with Crippen molar-refractivity contribution in [3.63, 3.8) is 0 Å². The molecule has 1 aliphatic rings. The molecule has 2 heterocycles. The van der Waals surface area contributed by atoms with E-state index in [4.69, 9.17) is 4.74 Å². The van der Waals surface area contributed by atoms with Crippen LogP contribution in [0.3, 0.4) is 0 Å². The van der Waals surface area contributed by atoms with Crippen LogP contribution >= 0.6 is 0 Å². The monoisotopic (exact) mass is 420 g/mol. The largest absolute Gasteiger partial charge is 0.452 e. The molecule has 0 atom stereocenters. The second-order valence-corrected chi connectivity index (χ2v) is 8.78. The molecule has 0 unspecified atom stereocenters. The Balaban J connectivity index is 1.55. The van der Waals surface area contributed by atoms with Gasteiger partial charge in [0.05, 0.1) is 10.6 Å². The Kier molecular flexibility index (Phi) is 6.04. The average molecular weight is 420 g/mol. The van der Waals surface area contributed by atoms with E-state index >= 15 is 0 Å². The van der Waals surface area contributed by atoms with Crippen molar-refractivity contribution in [1.29, 1.82) is 0 Å². The Morgan fingerprint density at radius 1 is 1.07 bits per heavy atom. The first-order valence-corrected chi connectivity index (χ1v) is 10.7. The number of aryl methyl sites for hydroxylation is 2. The molecule has 156 valence electrons. The number of carbonyl (C=O) groups is 2. The predicted octanol–water partition coefficient (Wildman–Crippen LogP) is 0.727. The molecule has 0 saturated carbocycles. The molecule has 9 nitrogen and oxygen atoms in total. The first kappa shape index (κ1) is 21.0. The zero-order chi connectivity index (χ0) is 21.2. The van der Waals surface area contributed by atoms with Gasteiger partial charge in [-0.2, -0.15) is 9.40 Å². The van der Waals surface area contributed by atoms with Gasteiger partial charge in [0.1, 0.15) is 5.56 Å². The fourth-order valence-corrected chi connectivity index (χ4v) is 4.72. The lowest BCUT2D eigenvalue weighted by molar-refractivity contribution is -0.135. The number of esters is 1. The molecular formula is C19H24N4O5S. The summed E-state index contributed by atoms with van der Waals surface area (Å²) in [6.45, 7) is 3.94. The Morgan fingerprint density at radius 2 is 1.69 bits per heavy atom. The van der Waals surface area contributed by atoms with Crippen molar-refractivity contribution in [2.45, 2.75) is 18.7 Å². The highest BCUT2D eigenvalue weighted by atomic mass is 32.2. The zero-order valence-electron chi connectivity index (χ0n) is 16.7. The van der Waals surface area contributed by atoms with Crippen LogP contribution in [0.2, 0.25) is 0 Å². The summed E-state index contributed by atoms with van der Waals surface area (Å²) in [5.74, 6) is -0.943. The van der Waals surface area contributed by atoms with Crippen LogP contribution in [-0.4, -0.2) is 72.1 Å². The third-order valence-electron chi connectivity index (χ3n) is 5.01. The van der Waals surface area contributed by atoms with Gasteiger partial charge < -0.3 is 9.64 Å². The summed E-state index contributed by atoms with van der Waals surface area (Å²) in [5.41, 5.74) is 1.57. The number of carbonyl (C=O) groups excluding carboxylic acids is 2. The minimum Gasteiger partial charge on any atom is -0.452 e. The highest BCUT2D eigenvalue weighted by Crippen LogP contribution is 2.17. The van der Waals surface area contributed by atoms with Gasteiger partial charge in [-0.15, -0.1) is 0 Å². The van der Waals surface area contributed by atoms with Gasteiger partial charge in [0, 0.05) is 38.9 Å². The number of hydrogen-bond acceptors (Lipinski definition) is 6. The van der Waals surface area contributed by atoms with Crippen LogP contribution in [0.4, 0.5) is 0 Å². The molecule has 1 aromatic heterocycles. The fourth-order valence-electron chi connectivity index (χ4n) is 3.28. The highest BCUT2D eigenvalue weighted by molar-refractivity contribution is 7.89. The number of ether oxygens (including phenoxy) is 1. The van der Waals surface area contributed by atoms with Crippen LogP contribution in [0.1, 0.15) is 21.7 Å². The lowest BCUT2D eigenvalue weighted by Crippen LogP contribution is -2.51. The van der Waals surface area contributed by atoms with Gasteiger partial charge in [0.25, 0.3) is 5.91 Å². The lowest BCUT2D eigenvalue weighted by Gasteiger charge is -2.33. The van der Waals surface area contributed by atoms with E-state index in [1.54, 1.807) is 55.9 Å². The number of amides is 1. The van der Waals surface area contributed by atoms with E-state index in [9.17, 15) is 18.0 Å². The quantitative estimate of drug-likeness (QED) is 0.661. The summed E-state index contributed by atoms with van der Waals surface area (Å²) >= 11 is 0. The van der Waals surface area contributed by atoms with E-state index in [0.29, 0.717) is 17.0 Å². The Bertz CT molecular complexity index is 1010. The molecule has 1 fully saturated rings. The number of nitrogens with zero attached hydrogens (tertiary/aromatic N) is 4. The standard InChI is InChI=1S/C19H24N4O5S/c1-14-18(15(2)21(3)20-14)19(25)28-13-17(24)22-9-11-23(12-10-22)29(26,27)16-7-5-4-6-8-16/h4-8H,9-13H2,1-3H3. The third kappa shape index (κ3) is 4.33. The van der Waals surface area contributed by atoms with Crippen molar-refractivity contribution >= 4 is 21.9 Å². The van der Waals surface area contributed by atoms with Gasteiger partial charge in [-0.05, 0) is 26.0 Å². The second kappa shape index (κ2) is 8.34. The molecule has 0 N–H and O–H groups in total. The normalized spacial score (nSPS) is 15.3. The van der Waals surface area contributed by atoms with Gasteiger partial charge in [0.15, 0.2) is 6.61 Å². The minimum absolute atomic E-state index is 0.192. The maximum absolute atomic E-state index is 12.6. The first-order chi connectivity index (χ1) is 13.7. The maximum Gasteiger partial charge on any atom is 0.342 e. The first-order valence-electron chi connectivity index (χ1n) is 9.22. The molecule has 0 aliphatic carbocycles. The zero-order valence-corrected chi connectivity index (χ0v) is 17.5. The number of benzene rings is 1. The number of piperazine rings is 1. The molecule has 3 rings (SSSR count). The Hall–Kier alpha value is -2.72. The number of rotatable bonds is 5. The summed E-state index contributed by atoms with van der Waals surface area (Å²) in [6, 6.07) is 8.20. The van der Waals surface area contributed by atoms with Gasteiger partial charge in [-0.1, -0.05) is 18.2 Å². The molecule has 29 heavy (non-hydrogen) atoms. The van der Waals surface area contributed by atoms with Crippen LogP contribution in [0.5, 0.6) is 0 Å². The van der Waals surface area contributed by atoms with E-state index in [1.165, 1.54) is 9.21 Å². The molecule has 1 amide bonds. The van der Waals surface area contributed by atoms with Gasteiger partial charge in [-0.3, -0.25) is 9.48 Å². The highest BCUT2D eigenvalue weighted by Gasteiger charge is 2.30. The summed E-state index contributed by atoms with van der Waals surface area (Å²) in [5, 5.41) is 4.16. The second-order valence-electron chi connectivity index (χ2n) is 6.84. The molecule has 10 heteroatoms. The lowest BCUT2D eigenvalue weighted by atomic mass is 10.2. The average Bonchev–Trinajstić information content (AvgIpc) is 2.98. The third-order valence-corrected chi connectivity index (χ3v) is 6.93. The topological polar surface area (TPSA) is 102 Å².